The minimum atomic E-state index is 0.660. The fraction of sp³-hybridized carbons (Fsp3) is 0.812. The molecule has 3 heteroatoms. The van der Waals surface area contributed by atoms with Crippen LogP contribution in [0.1, 0.15) is 70.0 Å². The zero-order chi connectivity index (χ0) is 13.1. The summed E-state index contributed by atoms with van der Waals surface area (Å²) in [6.07, 6.45) is 13.1. The molecule has 2 atom stereocenters. The SMILES string of the molecule is CC1CCCC1NCc1ccn(C2CCCCC2)n1. The molecule has 0 bridgehead atoms. The van der Waals surface area contributed by atoms with Crippen molar-refractivity contribution in [1.29, 1.82) is 0 Å². The van der Waals surface area contributed by atoms with Crippen LogP contribution >= 0.6 is 0 Å². The zero-order valence-corrected chi connectivity index (χ0v) is 12.1. The Morgan fingerprint density at radius 2 is 2.00 bits per heavy atom. The van der Waals surface area contributed by atoms with Gasteiger partial charge in [-0.05, 0) is 37.7 Å². The van der Waals surface area contributed by atoms with E-state index in [0.717, 1.165) is 12.5 Å². The molecule has 0 spiro atoms. The maximum absolute atomic E-state index is 4.77. The molecule has 1 aromatic rings. The second-order valence-corrected chi connectivity index (χ2v) is 6.47. The van der Waals surface area contributed by atoms with Gasteiger partial charge in [0.2, 0.25) is 0 Å². The Morgan fingerprint density at radius 1 is 1.16 bits per heavy atom. The third-order valence-corrected chi connectivity index (χ3v) is 5.02. The lowest BCUT2D eigenvalue weighted by Gasteiger charge is -2.22. The van der Waals surface area contributed by atoms with Gasteiger partial charge in [0.05, 0.1) is 11.7 Å². The van der Waals surface area contributed by atoms with Crippen LogP contribution in [0.25, 0.3) is 0 Å². The van der Waals surface area contributed by atoms with E-state index in [9.17, 15) is 0 Å². The average Bonchev–Trinajstić information content (AvgIpc) is 3.06. The van der Waals surface area contributed by atoms with Gasteiger partial charge < -0.3 is 5.32 Å². The van der Waals surface area contributed by atoms with Crippen LogP contribution in [0.3, 0.4) is 0 Å². The van der Waals surface area contributed by atoms with E-state index >= 15 is 0 Å². The summed E-state index contributed by atoms with van der Waals surface area (Å²) in [5, 5.41) is 8.46. The van der Waals surface area contributed by atoms with Gasteiger partial charge >= 0.3 is 0 Å². The first-order valence-corrected chi connectivity index (χ1v) is 8.10. The van der Waals surface area contributed by atoms with E-state index < -0.39 is 0 Å². The van der Waals surface area contributed by atoms with Crippen molar-refractivity contribution in [3.05, 3.63) is 18.0 Å². The van der Waals surface area contributed by atoms with Crippen LogP contribution in [0.15, 0.2) is 12.3 Å². The molecular formula is C16H27N3. The summed E-state index contributed by atoms with van der Waals surface area (Å²) < 4.78 is 2.22. The molecule has 2 aliphatic rings. The Hall–Kier alpha value is -0.830. The molecule has 2 aliphatic carbocycles. The van der Waals surface area contributed by atoms with Crippen LogP contribution < -0.4 is 5.32 Å². The van der Waals surface area contributed by atoms with E-state index in [1.807, 2.05) is 0 Å². The predicted molar refractivity (Wildman–Crippen MR) is 78.0 cm³/mol. The lowest BCUT2D eigenvalue weighted by Crippen LogP contribution is -2.30. The fourth-order valence-corrected chi connectivity index (χ4v) is 3.70. The Balaban J connectivity index is 1.52. The molecule has 3 rings (SSSR count). The van der Waals surface area contributed by atoms with Crippen molar-refractivity contribution in [2.24, 2.45) is 5.92 Å². The lowest BCUT2D eigenvalue weighted by molar-refractivity contribution is 0.327. The second kappa shape index (κ2) is 6.08. The second-order valence-electron chi connectivity index (χ2n) is 6.47. The number of rotatable bonds is 4. The molecule has 3 nitrogen and oxygen atoms in total. The molecule has 2 unspecified atom stereocenters. The highest BCUT2D eigenvalue weighted by Gasteiger charge is 2.23. The van der Waals surface area contributed by atoms with Crippen LogP contribution in [0.5, 0.6) is 0 Å². The van der Waals surface area contributed by atoms with Gasteiger partial charge in [-0.3, -0.25) is 4.68 Å². The molecule has 0 saturated heterocycles. The summed E-state index contributed by atoms with van der Waals surface area (Å²) >= 11 is 0. The first-order chi connectivity index (χ1) is 9.33. The topological polar surface area (TPSA) is 29.9 Å². The van der Waals surface area contributed by atoms with Gasteiger partial charge in [-0.1, -0.05) is 32.6 Å². The van der Waals surface area contributed by atoms with Gasteiger partial charge in [-0.2, -0.15) is 5.10 Å². The van der Waals surface area contributed by atoms with E-state index in [-0.39, 0.29) is 0 Å². The van der Waals surface area contributed by atoms with Crippen LogP contribution in [-0.2, 0) is 6.54 Å². The van der Waals surface area contributed by atoms with Crippen LogP contribution in [0.4, 0.5) is 0 Å². The van der Waals surface area contributed by atoms with Crippen molar-refractivity contribution in [1.82, 2.24) is 15.1 Å². The van der Waals surface area contributed by atoms with Crippen molar-refractivity contribution in [2.45, 2.75) is 76.9 Å². The molecule has 0 amide bonds. The predicted octanol–water partition coefficient (Wildman–Crippen LogP) is 3.67. The van der Waals surface area contributed by atoms with E-state index in [2.05, 4.69) is 29.2 Å². The van der Waals surface area contributed by atoms with E-state index in [1.165, 1.54) is 57.1 Å². The number of hydrogen-bond donors (Lipinski definition) is 1. The summed E-state index contributed by atoms with van der Waals surface area (Å²) in [6, 6.07) is 3.56. The Labute approximate surface area is 116 Å². The average molecular weight is 261 g/mol. The Kier molecular flexibility index (Phi) is 4.21. The third-order valence-electron chi connectivity index (χ3n) is 5.02. The highest BCUT2D eigenvalue weighted by Crippen LogP contribution is 2.28. The molecule has 19 heavy (non-hydrogen) atoms. The first kappa shape index (κ1) is 13.2. The smallest absolute Gasteiger partial charge is 0.0762 e. The van der Waals surface area contributed by atoms with Crippen LogP contribution in [-0.4, -0.2) is 15.8 Å². The summed E-state index contributed by atoms with van der Waals surface area (Å²) in [7, 11) is 0. The maximum Gasteiger partial charge on any atom is 0.0762 e. The van der Waals surface area contributed by atoms with Crippen molar-refractivity contribution >= 4 is 0 Å². The molecule has 1 aromatic heterocycles. The highest BCUT2D eigenvalue weighted by molar-refractivity contribution is 5.00. The van der Waals surface area contributed by atoms with Gasteiger partial charge in [0.25, 0.3) is 0 Å². The fourth-order valence-electron chi connectivity index (χ4n) is 3.70. The molecule has 0 aromatic carbocycles. The summed E-state index contributed by atoms with van der Waals surface area (Å²) in [5.41, 5.74) is 1.21. The van der Waals surface area contributed by atoms with E-state index in [0.29, 0.717) is 12.1 Å². The molecule has 106 valence electrons. The van der Waals surface area contributed by atoms with Gasteiger partial charge in [0, 0.05) is 18.8 Å². The quantitative estimate of drug-likeness (QED) is 0.896. The largest absolute Gasteiger partial charge is 0.308 e. The van der Waals surface area contributed by atoms with Crippen molar-refractivity contribution in [3.8, 4) is 0 Å². The zero-order valence-electron chi connectivity index (χ0n) is 12.1. The molecule has 1 heterocycles. The van der Waals surface area contributed by atoms with Crippen molar-refractivity contribution in [3.63, 3.8) is 0 Å². The molecule has 0 aliphatic heterocycles. The summed E-state index contributed by atoms with van der Waals surface area (Å²) in [4.78, 5) is 0. The monoisotopic (exact) mass is 261 g/mol. The molecule has 1 N–H and O–H groups in total. The maximum atomic E-state index is 4.77. The first-order valence-electron chi connectivity index (χ1n) is 8.10. The number of nitrogens with one attached hydrogen (secondary N) is 1. The molecule has 2 fully saturated rings. The number of aromatic nitrogens is 2. The van der Waals surface area contributed by atoms with Crippen LogP contribution in [0.2, 0.25) is 0 Å². The third kappa shape index (κ3) is 3.19. The Bertz CT molecular complexity index is 392. The summed E-state index contributed by atoms with van der Waals surface area (Å²) in [6.45, 7) is 3.31. The summed E-state index contributed by atoms with van der Waals surface area (Å²) in [5.74, 6) is 0.834. The Morgan fingerprint density at radius 3 is 2.74 bits per heavy atom. The number of nitrogens with zero attached hydrogens (tertiary/aromatic N) is 2. The molecule has 2 saturated carbocycles. The standard InChI is InChI=1S/C16H27N3/c1-13-6-5-9-16(13)17-12-14-10-11-19(18-14)15-7-3-2-4-8-15/h10-11,13,15-17H,2-9,12H2,1H3. The van der Waals surface area contributed by atoms with Crippen molar-refractivity contribution < 1.29 is 0 Å². The van der Waals surface area contributed by atoms with E-state index in [1.54, 1.807) is 0 Å². The normalized spacial score (nSPS) is 28.9. The van der Waals surface area contributed by atoms with Gasteiger partial charge in [-0.25, -0.2) is 0 Å². The minimum absolute atomic E-state index is 0.660. The van der Waals surface area contributed by atoms with Gasteiger partial charge in [-0.15, -0.1) is 0 Å². The van der Waals surface area contributed by atoms with Gasteiger partial charge in [0.1, 0.15) is 0 Å². The molecular weight excluding hydrogens is 234 g/mol. The lowest BCUT2D eigenvalue weighted by atomic mass is 9.96. The minimum Gasteiger partial charge on any atom is -0.308 e. The van der Waals surface area contributed by atoms with E-state index in [4.69, 9.17) is 5.10 Å². The highest BCUT2D eigenvalue weighted by atomic mass is 15.3. The molecule has 0 radical (unpaired) electrons. The number of hydrogen-bond acceptors (Lipinski definition) is 2. The van der Waals surface area contributed by atoms with Gasteiger partial charge in [0.15, 0.2) is 0 Å². The van der Waals surface area contributed by atoms with Crippen molar-refractivity contribution in [2.75, 3.05) is 0 Å². The van der Waals surface area contributed by atoms with Crippen LogP contribution in [0, 0.1) is 5.92 Å².